The van der Waals surface area contributed by atoms with Crippen molar-refractivity contribution in [2.75, 3.05) is 6.61 Å². The van der Waals surface area contributed by atoms with Crippen molar-refractivity contribution in [3.8, 4) is 0 Å². The lowest BCUT2D eigenvalue weighted by Gasteiger charge is -2.14. The Morgan fingerprint density at radius 3 is 3.04 bits per heavy atom. The molecule has 1 atom stereocenters. The molecule has 0 saturated carbocycles. The second kappa shape index (κ2) is 7.20. The number of hydrogen-bond acceptors (Lipinski definition) is 5. The van der Waals surface area contributed by atoms with Crippen LogP contribution in [0.2, 0.25) is 0 Å². The van der Waals surface area contributed by atoms with Gasteiger partial charge in [-0.25, -0.2) is 10.5 Å². The van der Waals surface area contributed by atoms with Crippen LogP contribution in [0.4, 0.5) is 0 Å². The average Bonchev–Trinajstić information content (AvgIpc) is 2.98. The summed E-state index contributed by atoms with van der Waals surface area (Å²) in [5, 5.41) is 17.9. The van der Waals surface area contributed by atoms with Crippen LogP contribution in [0.3, 0.4) is 0 Å². The van der Waals surface area contributed by atoms with Crippen molar-refractivity contribution < 1.29 is 15.1 Å². The van der Waals surface area contributed by atoms with Crippen molar-refractivity contribution >= 4 is 29.2 Å². The number of aliphatic hydroxyl groups excluding tert-OH is 1. The average molecular weight is 326 g/mol. The lowest BCUT2D eigenvalue weighted by atomic mass is 10.0. The summed E-state index contributed by atoms with van der Waals surface area (Å²) in [6.45, 7) is 0.497. The third-order valence-corrected chi connectivity index (χ3v) is 3.86. The van der Waals surface area contributed by atoms with Crippen LogP contribution in [0.25, 0.3) is 17.1 Å². The summed E-state index contributed by atoms with van der Waals surface area (Å²) in [5.41, 5.74) is 4.07. The van der Waals surface area contributed by atoms with Gasteiger partial charge in [0, 0.05) is 31.0 Å². The van der Waals surface area contributed by atoms with E-state index in [2.05, 4.69) is 4.99 Å². The molecule has 0 saturated heterocycles. The van der Waals surface area contributed by atoms with Gasteiger partial charge >= 0.3 is 0 Å². The van der Waals surface area contributed by atoms with E-state index in [0.29, 0.717) is 6.54 Å². The standard InChI is InChI=1S/C17H18N4O3/c22-10-9-21-15-3-1-12(2-4-16(23)20-24)11-14(15)19-17(21)13-5-7-18-8-6-13/h1-5,7-8,11,13,22,24H,6,9-10H2,(H,20,23)/b4-2+. The van der Waals surface area contributed by atoms with Crippen LogP contribution in [-0.4, -0.2) is 38.6 Å². The van der Waals surface area contributed by atoms with Crippen LogP contribution in [0.5, 0.6) is 0 Å². The van der Waals surface area contributed by atoms with Gasteiger partial charge in [0.2, 0.25) is 0 Å². The van der Waals surface area contributed by atoms with E-state index in [0.717, 1.165) is 28.8 Å². The normalized spacial score (nSPS) is 17.0. The zero-order valence-corrected chi connectivity index (χ0v) is 13.0. The maximum Gasteiger partial charge on any atom is 0.267 e. The van der Waals surface area contributed by atoms with Gasteiger partial charge in [0.1, 0.15) is 5.82 Å². The van der Waals surface area contributed by atoms with Gasteiger partial charge < -0.3 is 9.67 Å². The largest absolute Gasteiger partial charge is 0.395 e. The highest BCUT2D eigenvalue weighted by Crippen LogP contribution is 2.27. The molecule has 1 aliphatic heterocycles. The Morgan fingerprint density at radius 2 is 2.33 bits per heavy atom. The molecule has 0 spiro atoms. The fourth-order valence-corrected chi connectivity index (χ4v) is 2.76. The Kier molecular flexibility index (Phi) is 4.83. The van der Waals surface area contributed by atoms with Gasteiger partial charge in [-0.3, -0.25) is 15.0 Å². The number of rotatable bonds is 5. The molecule has 1 aromatic carbocycles. The Labute approximate surface area is 138 Å². The first-order chi connectivity index (χ1) is 11.7. The second-order valence-corrected chi connectivity index (χ2v) is 5.42. The Hall–Kier alpha value is -2.77. The molecular weight excluding hydrogens is 308 g/mol. The molecule has 1 unspecified atom stereocenters. The summed E-state index contributed by atoms with van der Waals surface area (Å²) in [6, 6.07) is 5.65. The Bertz CT molecular complexity index is 836. The number of benzene rings is 1. The summed E-state index contributed by atoms with van der Waals surface area (Å²) in [5.74, 6) is 0.421. The highest BCUT2D eigenvalue weighted by molar-refractivity contribution is 5.91. The van der Waals surface area contributed by atoms with Gasteiger partial charge in [0.25, 0.3) is 5.91 Å². The molecule has 0 fully saturated rings. The van der Waals surface area contributed by atoms with Crippen LogP contribution in [-0.2, 0) is 11.3 Å². The first kappa shape index (κ1) is 16.1. The van der Waals surface area contributed by atoms with E-state index in [-0.39, 0.29) is 12.5 Å². The lowest BCUT2D eigenvalue weighted by Crippen LogP contribution is -2.14. The number of hydroxylamine groups is 1. The number of aliphatic imine (C=N–C) groups is 1. The van der Waals surface area contributed by atoms with Gasteiger partial charge in [-0.05, 0) is 30.2 Å². The van der Waals surface area contributed by atoms with E-state index in [9.17, 15) is 9.90 Å². The molecular formula is C17H18N4O3. The monoisotopic (exact) mass is 326 g/mol. The molecule has 0 radical (unpaired) electrons. The number of aromatic nitrogens is 2. The molecule has 1 amide bonds. The number of aliphatic hydroxyl groups is 1. The summed E-state index contributed by atoms with van der Waals surface area (Å²) in [6.07, 6.45) is 9.24. The van der Waals surface area contributed by atoms with Crippen molar-refractivity contribution in [3.05, 3.63) is 47.9 Å². The number of nitrogens with one attached hydrogen (secondary N) is 1. The van der Waals surface area contributed by atoms with E-state index in [1.807, 2.05) is 35.1 Å². The fraction of sp³-hybridized carbons (Fsp3) is 0.235. The lowest BCUT2D eigenvalue weighted by molar-refractivity contribution is -0.124. The number of carbonyl (C=O) groups is 1. The molecule has 3 N–H and O–H groups in total. The number of allylic oxidation sites excluding steroid dienone is 1. The highest BCUT2D eigenvalue weighted by Gasteiger charge is 2.18. The van der Waals surface area contributed by atoms with Crippen LogP contribution in [0.15, 0.2) is 41.5 Å². The molecule has 7 heteroatoms. The predicted molar refractivity (Wildman–Crippen MR) is 90.8 cm³/mol. The topological polar surface area (TPSA) is 99.7 Å². The van der Waals surface area contributed by atoms with Crippen molar-refractivity contribution in [1.82, 2.24) is 15.0 Å². The molecule has 24 heavy (non-hydrogen) atoms. The van der Waals surface area contributed by atoms with E-state index >= 15 is 0 Å². The Balaban J connectivity index is 2.00. The predicted octanol–water partition coefficient (Wildman–Crippen LogP) is 1.62. The number of nitrogens with zero attached hydrogens (tertiary/aromatic N) is 3. The molecule has 1 aromatic heterocycles. The highest BCUT2D eigenvalue weighted by atomic mass is 16.5. The third-order valence-electron chi connectivity index (χ3n) is 3.86. The maximum atomic E-state index is 11.1. The first-order valence-electron chi connectivity index (χ1n) is 7.64. The zero-order chi connectivity index (χ0) is 16.9. The van der Waals surface area contributed by atoms with E-state index in [1.165, 1.54) is 6.08 Å². The third kappa shape index (κ3) is 3.27. The number of imidazole rings is 1. The minimum absolute atomic E-state index is 0.0291. The summed E-state index contributed by atoms with van der Waals surface area (Å²) < 4.78 is 2.01. The molecule has 124 valence electrons. The number of carbonyl (C=O) groups excluding carboxylic acids is 1. The molecule has 7 nitrogen and oxygen atoms in total. The van der Waals surface area contributed by atoms with Gasteiger partial charge in [0.15, 0.2) is 0 Å². The smallest absolute Gasteiger partial charge is 0.267 e. The molecule has 1 aliphatic rings. The van der Waals surface area contributed by atoms with Crippen LogP contribution in [0.1, 0.15) is 23.7 Å². The van der Waals surface area contributed by atoms with Crippen LogP contribution < -0.4 is 5.48 Å². The second-order valence-electron chi connectivity index (χ2n) is 5.42. The minimum atomic E-state index is -0.590. The number of hydrogen-bond donors (Lipinski definition) is 3. The molecule has 0 aliphatic carbocycles. The quantitative estimate of drug-likeness (QED) is 0.441. The van der Waals surface area contributed by atoms with E-state index in [1.54, 1.807) is 17.8 Å². The summed E-state index contributed by atoms with van der Waals surface area (Å²) in [4.78, 5) is 19.9. The van der Waals surface area contributed by atoms with E-state index in [4.69, 9.17) is 10.2 Å². The fourth-order valence-electron chi connectivity index (χ4n) is 2.76. The van der Waals surface area contributed by atoms with Gasteiger partial charge in [0.05, 0.1) is 17.6 Å². The zero-order valence-electron chi connectivity index (χ0n) is 13.0. The summed E-state index contributed by atoms with van der Waals surface area (Å²) >= 11 is 0. The van der Waals surface area contributed by atoms with Crippen molar-refractivity contribution in [2.45, 2.75) is 18.9 Å². The molecule has 2 heterocycles. The SMILES string of the molecule is O=C(/C=C/c1ccc2c(c1)nc(C1C=CN=CC1)n2CCO)NO. The van der Waals surface area contributed by atoms with Crippen LogP contribution >= 0.6 is 0 Å². The van der Waals surface area contributed by atoms with Gasteiger partial charge in [-0.15, -0.1) is 0 Å². The summed E-state index contributed by atoms with van der Waals surface area (Å²) in [7, 11) is 0. The Morgan fingerprint density at radius 1 is 1.46 bits per heavy atom. The van der Waals surface area contributed by atoms with Crippen molar-refractivity contribution in [1.29, 1.82) is 0 Å². The molecule has 2 aromatic rings. The number of amides is 1. The van der Waals surface area contributed by atoms with Crippen LogP contribution in [0, 0.1) is 0 Å². The minimum Gasteiger partial charge on any atom is -0.395 e. The van der Waals surface area contributed by atoms with Crippen molar-refractivity contribution in [2.24, 2.45) is 4.99 Å². The first-order valence-corrected chi connectivity index (χ1v) is 7.64. The van der Waals surface area contributed by atoms with Gasteiger partial charge in [-0.2, -0.15) is 0 Å². The van der Waals surface area contributed by atoms with Crippen molar-refractivity contribution in [3.63, 3.8) is 0 Å². The molecule has 0 bridgehead atoms. The maximum absolute atomic E-state index is 11.1. The molecule has 3 rings (SSSR count). The number of fused-ring (bicyclic) bond motifs is 1. The van der Waals surface area contributed by atoms with E-state index < -0.39 is 5.91 Å². The van der Waals surface area contributed by atoms with Gasteiger partial charge in [-0.1, -0.05) is 12.1 Å².